The van der Waals surface area contributed by atoms with Crippen LogP contribution in [0.15, 0.2) is 0 Å². The molecule has 0 aromatic carbocycles. The van der Waals surface area contributed by atoms with Crippen molar-refractivity contribution < 1.29 is 66.8 Å². The maximum Gasteiger partial charge on any atom is 4.00 e. The molecule has 2 saturated carbocycles. The van der Waals surface area contributed by atoms with Crippen molar-refractivity contribution in [1.82, 2.24) is 0 Å². The van der Waals surface area contributed by atoms with Crippen molar-refractivity contribution in [1.29, 1.82) is 0 Å². The molecule has 2 bridgehead atoms. The van der Waals surface area contributed by atoms with E-state index in [4.69, 9.17) is 8.85 Å². The van der Waals surface area contributed by atoms with Crippen LogP contribution in [-0.4, -0.2) is 51.3 Å². The van der Waals surface area contributed by atoms with E-state index in [2.05, 4.69) is 13.5 Å². The molecule has 5 unspecified atom stereocenters. The molecule has 0 aromatic rings. The van der Waals surface area contributed by atoms with Gasteiger partial charge in [0, 0.05) is 8.32 Å². The Bertz CT molecular complexity index is 740. The van der Waals surface area contributed by atoms with E-state index < -0.39 is 53.0 Å². The zero-order valence-electron chi connectivity index (χ0n) is 24.9. The molecule has 2 rings (SSSR count). The summed E-state index contributed by atoms with van der Waals surface area (Å²) in [5.41, 5.74) is -5.11. The van der Waals surface area contributed by atoms with Gasteiger partial charge in [0.05, 0.1) is 5.92 Å². The first-order valence-electron chi connectivity index (χ1n) is 12.3. The van der Waals surface area contributed by atoms with Gasteiger partial charge in [-0.25, -0.2) is 0 Å². The number of ether oxygens (including phenoxy) is 1. The van der Waals surface area contributed by atoms with Crippen LogP contribution < -0.4 is 0 Å². The van der Waals surface area contributed by atoms with E-state index in [0.29, 0.717) is 6.42 Å². The van der Waals surface area contributed by atoms with Gasteiger partial charge < -0.3 is 42.3 Å². The standard InChI is InChI=1S/C22H37F6O4Si2.C2H5.2CH3.Ti/c1-19(2,3)31-18(29)16-12-15-11-14(16)13-17(15)34(6,7)32-33(4,5)10-8-9-20(30,21(23,24)25)22(26,27)28;1-2;;;/h14-17,30H,6,8-13H2,1-5,7H3;1H2,2H3;2*1H3;/q4*-1;+4. The van der Waals surface area contributed by atoms with Crippen LogP contribution in [0, 0.1) is 46.1 Å². The SMILES string of the molecule is [CH2-]C.[CH2-][Si](C)(O[Si](C)(C)CCCC(O)(C(F)(F)F)C(F)(F)F)C1CC2CC1CC2C(=O)OC(C)(C)C.[CH3-].[CH3-].[Ti+4]. The third-order valence-electron chi connectivity index (χ3n) is 7.12. The van der Waals surface area contributed by atoms with Crippen LogP contribution in [0.25, 0.3) is 0 Å². The molecule has 0 aromatic heterocycles. The topological polar surface area (TPSA) is 55.8 Å². The van der Waals surface area contributed by atoms with Crippen molar-refractivity contribution in [2.75, 3.05) is 0 Å². The van der Waals surface area contributed by atoms with E-state index in [0.717, 1.165) is 12.8 Å². The first kappa shape index (κ1) is 43.6. The Labute approximate surface area is 249 Å². The van der Waals surface area contributed by atoms with Gasteiger partial charge in [-0.15, -0.1) is 0 Å². The average molecular weight is 643 g/mol. The monoisotopic (exact) mass is 642 g/mol. The number of carbonyl (C=O) groups excluding carboxylic acids is 1. The first-order valence-corrected chi connectivity index (χ1v) is 18.1. The molecule has 230 valence electrons. The number of hydrogen-bond acceptors (Lipinski definition) is 4. The Morgan fingerprint density at radius 3 is 1.74 bits per heavy atom. The minimum absolute atomic E-state index is 0. The molecule has 0 heterocycles. The molecule has 4 nitrogen and oxygen atoms in total. The van der Waals surface area contributed by atoms with Crippen molar-refractivity contribution >= 4 is 22.6 Å². The average Bonchev–Trinajstić information content (AvgIpc) is 3.26. The second-order valence-electron chi connectivity index (χ2n) is 11.9. The van der Waals surface area contributed by atoms with Gasteiger partial charge in [-0.3, -0.25) is 4.79 Å². The molecule has 0 aliphatic heterocycles. The van der Waals surface area contributed by atoms with E-state index in [1.165, 1.54) is 0 Å². The second-order valence-corrected chi connectivity index (χ2v) is 20.1. The van der Waals surface area contributed by atoms with Crippen LogP contribution in [0.2, 0.25) is 31.2 Å². The van der Waals surface area contributed by atoms with E-state index >= 15 is 0 Å². The molecule has 0 amide bonds. The largest absolute Gasteiger partial charge is 4.00 e. The molecule has 0 radical (unpaired) electrons. The molecular formula is C26H48F6O4Si2Ti. The zero-order valence-corrected chi connectivity index (χ0v) is 28.5. The van der Waals surface area contributed by atoms with Crippen LogP contribution in [0.3, 0.4) is 0 Å². The fraction of sp³-hybridized carbons (Fsp3) is 0.808. The Morgan fingerprint density at radius 2 is 1.38 bits per heavy atom. The maximum absolute atomic E-state index is 12.9. The Hall–Kier alpha value is 0.118. The number of aliphatic hydroxyl groups is 1. The predicted molar refractivity (Wildman–Crippen MR) is 144 cm³/mol. The van der Waals surface area contributed by atoms with Crippen LogP contribution in [0.5, 0.6) is 0 Å². The number of alkyl halides is 6. The molecule has 5 atom stereocenters. The van der Waals surface area contributed by atoms with Gasteiger partial charge in [0.15, 0.2) is 8.32 Å². The van der Waals surface area contributed by atoms with Gasteiger partial charge in [0.1, 0.15) is 5.60 Å². The number of hydrogen-bond donors (Lipinski definition) is 1. The summed E-state index contributed by atoms with van der Waals surface area (Å²) in [5, 5.41) is 9.38. The van der Waals surface area contributed by atoms with Gasteiger partial charge in [-0.2, -0.15) is 33.3 Å². The van der Waals surface area contributed by atoms with Crippen LogP contribution in [0.4, 0.5) is 26.3 Å². The van der Waals surface area contributed by atoms with Crippen molar-refractivity contribution in [3.05, 3.63) is 28.3 Å². The van der Waals surface area contributed by atoms with Crippen molar-refractivity contribution in [3.8, 4) is 0 Å². The van der Waals surface area contributed by atoms with Crippen LogP contribution in [-0.2, 0) is 35.4 Å². The summed E-state index contributed by atoms with van der Waals surface area (Å²) in [6, 6.07) is 0.0426. The number of carbonyl (C=O) groups is 1. The summed E-state index contributed by atoms with van der Waals surface area (Å²) >= 11 is 0. The van der Waals surface area contributed by atoms with Crippen molar-refractivity contribution in [2.45, 2.75) is 115 Å². The van der Waals surface area contributed by atoms with Gasteiger partial charge in [0.2, 0.25) is 0 Å². The number of esters is 1. The normalized spacial score (nSPS) is 24.7. The van der Waals surface area contributed by atoms with Gasteiger partial charge in [0.25, 0.3) is 5.60 Å². The minimum atomic E-state index is -5.80. The Kier molecular flexibility index (Phi) is 16.8. The second kappa shape index (κ2) is 15.0. The van der Waals surface area contributed by atoms with E-state index in [9.17, 15) is 36.2 Å². The fourth-order valence-electron chi connectivity index (χ4n) is 5.66. The number of fused-ring (bicyclic) bond motifs is 2. The maximum atomic E-state index is 12.9. The van der Waals surface area contributed by atoms with Gasteiger partial charge in [-0.1, -0.05) is 13.0 Å². The zero-order chi connectivity index (χ0) is 28.5. The smallest absolute Gasteiger partial charge is 0.482 e. The summed E-state index contributed by atoms with van der Waals surface area (Å²) in [7, 11) is -5.25. The van der Waals surface area contributed by atoms with Gasteiger partial charge >= 0.3 is 40.0 Å². The summed E-state index contributed by atoms with van der Waals surface area (Å²) in [5.74, 6) is 0.0867. The predicted octanol–water partition coefficient (Wildman–Crippen LogP) is 8.29. The molecule has 2 aliphatic rings. The molecule has 2 aliphatic carbocycles. The summed E-state index contributed by atoms with van der Waals surface area (Å²) < 4.78 is 89.6. The summed E-state index contributed by atoms with van der Waals surface area (Å²) in [4.78, 5) is 12.5. The van der Waals surface area contributed by atoms with Crippen molar-refractivity contribution in [2.24, 2.45) is 17.8 Å². The quantitative estimate of drug-likeness (QED) is 0.125. The van der Waals surface area contributed by atoms with E-state index in [1.54, 1.807) is 20.0 Å². The Morgan fingerprint density at radius 1 is 0.923 bits per heavy atom. The summed E-state index contributed by atoms with van der Waals surface area (Å²) in [6.07, 6.45) is -11.2. The molecule has 0 saturated heterocycles. The molecular weight excluding hydrogens is 594 g/mol. The van der Waals surface area contributed by atoms with Crippen molar-refractivity contribution in [3.63, 3.8) is 0 Å². The first-order chi connectivity index (χ1) is 16.0. The molecule has 13 heteroatoms. The van der Waals surface area contributed by atoms with E-state index in [-0.39, 0.29) is 71.9 Å². The number of halogens is 6. The van der Waals surface area contributed by atoms with Gasteiger partial charge in [-0.05, 0) is 83.0 Å². The minimum Gasteiger partial charge on any atom is -0.482 e. The summed E-state index contributed by atoms with van der Waals surface area (Å²) in [6.45, 7) is 20.3. The van der Waals surface area contributed by atoms with E-state index in [1.807, 2.05) is 27.3 Å². The molecule has 39 heavy (non-hydrogen) atoms. The molecule has 1 N–H and O–H groups in total. The number of rotatable bonds is 8. The third-order valence-corrected chi connectivity index (χ3v) is 15.0. The van der Waals surface area contributed by atoms with Crippen LogP contribution >= 0.6 is 0 Å². The molecule has 0 spiro atoms. The fourth-order valence-corrected chi connectivity index (χ4v) is 14.8. The Balaban J connectivity index is -0.00000253. The molecule has 2 fully saturated rings. The van der Waals surface area contributed by atoms with Crippen LogP contribution in [0.1, 0.15) is 59.8 Å². The third kappa shape index (κ3) is 11.0.